The third-order valence-corrected chi connectivity index (χ3v) is 5.19. The van der Waals surface area contributed by atoms with Crippen LogP contribution in [0.15, 0.2) is 30.3 Å². The predicted octanol–water partition coefficient (Wildman–Crippen LogP) is 6.65. The van der Waals surface area contributed by atoms with Gasteiger partial charge in [-0.2, -0.15) is 0 Å². The second kappa shape index (κ2) is 12.6. The number of phenolic OH excluding ortho intramolecular Hbond substituents is 2. The zero-order valence-electron chi connectivity index (χ0n) is 16.9. The Hall–Kier alpha value is -1.75. The zero-order chi connectivity index (χ0) is 20.2. The average Bonchev–Trinajstić information content (AvgIpc) is 3.23. The second-order valence-electron chi connectivity index (χ2n) is 6.53. The third kappa shape index (κ3) is 9.14. The Morgan fingerprint density at radius 2 is 1.78 bits per heavy atom. The molecule has 5 heteroatoms. The number of phenols is 2. The van der Waals surface area contributed by atoms with Crippen LogP contribution in [-0.2, 0) is 6.42 Å². The van der Waals surface area contributed by atoms with E-state index in [1.807, 2.05) is 25.2 Å². The molecule has 0 saturated heterocycles. The number of halogens is 1. The summed E-state index contributed by atoms with van der Waals surface area (Å²) >= 11 is 1.91. The van der Waals surface area contributed by atoms with Crippen molar-refractivity contribution in [2.75, 3.05) is 6.61 Å². The fraction of sp³-hybridized carbons (Fsp3) is 0.545. The van der Waals surface area contributed by atoms with Gasteiger partial charge in [0.15, 0.2) is 0 Å². The van der Waals surface area contributed by atoms with Gasteiger partial charge in [-0.25, -0.2) is 4.39 Å². The first-order valence-corrected chi connectivity index (χ1v) is 10.6. The molecule has 0 amide bonds. The van der Waals surface area contributed by atoms with Gasteiger partial charge in [0.2, 0.25) is 0 Å². The fourth-order valence-electron chi connectivity index (χ4n) is 2.90. The van der Waals surface area contributed by atoms with Crippen molar-refractivity contribution in [1.82, 2.24) is 0 Å². The van der Waals surface area contributed by atoms with E-state index in [2.05, 4.69) is 26.0 Å². The van der Waals surface area contributed by atoms with Crippen LogP contribution in [0, 0.1) is 12.8 Å². The molecule has 1 fully saturated rings. The molecule has 1 aromatic carbocycles. The van der Waals surface area contributed by atoms with Gasteiger partial charge in [0, 0.05) is 28.0 Å². The van der Waals surface area contributed by atoms with Crippen molar-refractivity contribution < 1.29 is 19.3 Å². The maximum Gasteiger partial charge on any atom is 0.126 e. The molecule has 0 bridgehead atoms. The monoisotopic (exact) mass is 396 g/mol. The Morgan fingerprint density at radius 3 is 2.26 bits per heavy atom. The highest BCUT2D eigenvalue weighted by Crippen LogP contribution is 2.30. The van der Waals surface area contributed by atoms with E-state index in [1.54, 1.807) is 0 Å². The molecule has 2 unspecified atom stereocenters. The maximum absolute atomic E-state index is 12.9. The Kier molecular flexibility index (Phi) is 10.9. The van der Waals surface area contributed by atoms with Gasteiger partial charge >= 0.3 is 0 Å². The normalized spacial score (nSPS) is 18.1. The van der Waals surface area contributed by atoms with E-state index in [0.29, 0.717) is 25.2 Å². The number of aromatic hydroxyl groups is 2. The summed E-state index contributed by atoms with van der Waals surface area (Å²) < 4.78 is 18.3. The number of alkyl halides is 1. The van der Waals surface area contributed by atoms with Gasteiger partial charge in [-0.05, 0) is 50.7 Å². The maximum atomic E-state index is 12.9. The Bertz CT molecular complexity index is 637. The van der Waals surface area contributed by atoms with E-state index in [0.717, 1.165) is 6.42 Å². The van der Waals surface area contributed by atoms with Crippen LogP contribution in [0.25, 0.3) is 0 Å². The first kappa shape index (κ1) is 23.3. The van der Waals surface area contributed by atoms with Gasteiger partial charge in [0.25, 0.3) is 0 Å². The van der Waals surface area contributed by atoms with Gasteiger partial charge in [-0.15, -0.1) is 11.3 Å². The molecule has 1 aliphatic carbocycles. The molecular formula is C22H33FO3S. The summed E-state index contributed by atoms with van der Waals surface area (Å²) in [5, 5.41) is 18.5. The standard InChI is InChI=1S/C12H15FO3.C8H12S.C2H6/c13-9-2-1-8(3-9)7-16-12-5-10(14)4-11(15)6-12;1-3-4-8-6-5-7(2)9-8;1-2/h4-6,8-9,14-15H,1-3,7H2;5-6H,3-4H2,1-2H3;1-2H3. The molecule has 0 spiro atoms. The molecule has 1 aliphatic rings. The predicted molar refractivity (Wildman–Crippen MR) is 112 cm³/mol. The number of aryl methyl sites for hydroxylation is 2. The quantitative estimate of drug-likeness (QED) is 0.595. The number of hydrogen-bond donors (Lipinski definition) is 2. The molecular weight excluding hydrogens is 363 g/mol. The van der Waals surface area contributed by atoms with Crippen LogP contribution in [0.4, 0.5) is 4.39 Å². The number of rotatable bonds is 5. The lowest BCUT2D eigenvalue weighted by Crippen LogP contribution is -2.09. The molecule has 27 heavy (non-hydrogen) atoms. The highest BCUT2D eigenvalue weighted by molar-refractivity contribution is 7.11. The topological polar surface area (TPSA) is 49.7 Å². The van der Waals surface area contributed by atoms with E-state index >= 15 is 0 Å². The average molecular weight is 397 g/mol. The van der Waals surface area contributed by atoms with Crippen molar-refractivity contribution in [3.8, 4) is 17.2 Å². The van der Waals surface area contributed by atoms with E-state index in [4.69, 9.17) is 4.74 Å². The molecule has 3 rings (SSSR count). The number of hydrogen-bond acceptors (Lipinski definition) is 4. The summed E-state index contributed by atoms with van der Waals surface area (Å²) in [6.07, 6.45) is 3.81. The minimum Gasteiger partial charge on any atom is -0.508 e. The molecule has 1 heterocycles. The van der Waals surface area contributed by atoms with Gasteiger partial charge in [0.1, 0.15) is 23.4 Å². The number of ether oxygens (including phenoxy) is 1. The first-order chi connectivity index (χ1) is 13.0. The first-order valence-electron chi connectivity index (χ1n) is 9.81. The highest BCUT2D eigenvalue weighted by atomic mass is 32.1. The minimum absolute atomic E-state index is 0.0372. The van der Waals surface area contributed by atoms with Crippen LogP contribution < -0.4 is 4.74 Å². The second-order valence-corrected chi connectivity index (χ2v) is 7.91. The molecule has 2 N–H and O–H groups in total. The van der Waals surface area contributed by atoms with Crippen molar-refractivity contribution in [2.24, 2.45) is 5.92 Å². The molecule has 152 valence electrons. The number of thiophene rings is 1. The van der Waals surface area contributed by atoms with E-state index in [9.17, 15) is 14.6 Å². The molecule has 1 saturated carbocycles. The molecule has 2 aromatic rings. The zero-order valence-corrected chi connectivity index (χ0v) is 17.7. The lowest BCUT2D eigenvalue weighted by atomic mass is 10.1. The lowest BCUT2D eigenvalue weighted by molar-refractivity contribution is 0.238. The van der Waals surface area contributed by atoms with Crippen LogP contribution in [-0.4, -0.2) is 23.0 Å². The molecule has 0 aliphatic heterocycles. The Labute approximate surface area is 166 Å². The van der Waals surface area contributed by atoms with Crippen LogP contribution in [0.5, 0.6) is 17.2 Å². The van der Waals surface area contributed by atoms with Crippen molar-refractivity contribution >= 4 is 11.3 Å². The van der Waals surface area contributed by atoms with Crippen LogP contribution in [0.2, 0.25) is 0 Å². The fourth-order valence-corrected chi connectivity index (χ4v) is 3.89. The van der Waals surface area contributed by atoms with Gasteiger partial charge in [-0.1, -0.05) is 27.2 Å². The molecule has 1 aromatic heterocycles. The van der Waals surface area contributed by atoms with Crippen molar-refractivity contribution in [3.05, 3.63) is 40.1 Å². The molecule has 3 nitrogen and oxygen atoms in total. The van der Waals surface area contributed by atoms with Crippen molar-refractivity contribution in [2.45, 2.75) is 66.0 Å². The van der Waals surface area contributed by atoms with Crippen molar-refractivity contribution in [1.29, 1.82) is 0 Å². The third-order valence-electron chi connectivity index (χ3n) is 4.13. The van der Waals surface area contributed by atoms with Gasteiger partial charge < -0.3 is 14.9 Å². The number of benzene rings is 1. The molecule has 0 radical (unpaired) electrons. The largest absolute Gasteiger partial charge is 0.508 e. The smallest absolute Gasteiger partial charge is 0.126 e. The highest BCUT2D eigenvalue weighted by Gasteiger charge is 2.24. The van der Waals surface area contributed by atoms with E-state index < -0.39 is 6.17 Å². The summed E-state index contributed by atoms with van der Waals surface area (Å²) in [6, 6.07) is 8.52. The summed E-state index contributed by atoms with van der Waals surface area (Å²) in [4.78, 5) is 2.95. The SMILES string of the molecule is CC.CCCc1ccc(C)s1.Oc1cc(O)cc(OCC2CCC(F)C2)c1. The summed E-state index contributed by atoms with van der Waals surface area (Å²) in [5.74, 6) is 0.578. The summed E-state index contributed by atoms with van der Waals surface area (Å²) in [7, 11) is 0. The van der Waals surface area contributed by atoms with Crippen LogP contribution >= 0.6 is 11.3 Å². The molecule has 2 atom stereocenters. The van der Waals surface area contributed by atoms with Gasteiger partial charge in [-0.3, -0.25) is 0 Å². The van der Waals surface area contributed by atoms with E-state index in [-0.39, 0.29) is 17.4 Å². The van der Waals surface area contributed by atoms with Crippen molar-refractivity contribution in [3.63, 3.8) is 0 Å². The van der Waals surface area contributed by atoms with E-state index in [1.165, 1.54) is 40.8 Å². The minimum atomic E-state index is -0.703. The summed E-state index contributed by atoms with van der Waals surface area (Å²) in [5.41, 5.74) is 0. The van der Waals surface area contributed by atoms with Crippen LogP contribution in [0.3, 0.4) is 0 Å². The van der Waals surface area contributed by atoms with Gasteiger partial charge in [0.05, 0.1) is 6.61 Å². The van der Waals surface area contributed by atoms with Crippen LogP contribution in [0.1, 0.15) is 56.2 Å². The Morgan fingerprint density at radius 1 is 1.11 bits per heavy atom. The summed E-state index contributed by atoms with van der Waals surface area (Å²) in [6.45, 7) is 8.81. The lowest BCUT2D eigenvalue weighted by Gasteiger charge is -2.11. The Balaban J connectivity index is 0.000000282.